The van der Waals surface area contributed by atoms with Gasteiger partial charge in [0.2, 0.25) is 0 Å². The number of benzene rings is 2. The highest BCUT2D eigenvalue weighted by atomic mass is 35.5. The number of aliphatic hydroxyl groups excluding tert-OH is 1. The van der Waals surface area contributed by atoms with E-state index in [1.54, 1.807) is 0 Å². The Morgan fingerprint density at radius 3 is 2.22 bits per heavy atom. The molecule has 3 heteroatoms. The molecule has 1 atom stereocenters. The average Bonchev–Trinajstić information content (AvgIpc) is 2.39. The molecule has 0 amide bonds. The van der Waals surface area contributed by atoms with Gasteiger partial charge in [0.25, 0.3) is 0 Å². The van der Waals surface area contributed by atoms with Crippen LogP contribution in [0.5, 0.6) is 0 Å². The molecule has 0 fully saturated rings. The topological polar surface area (TPSA) is 46.2 Å². The molecule has 0 saturated carbocycles. The van der Waals surface area contributed by atoms with E-state index in [1.165, 1.54) is 0 Å². The van der Waals surface area contributed by atoms with E-state index in [4.69, 9.17) is 17.3 Å². The maximum Gasteiger partial charge on any atom is 0.0912 e. The van der Waals surface area contributed by atoms with Gasteiger partial charge in [-0.2, -0.15) is 0 Å². The summed E-state index contributed by atoms with van der Waals surface area (Å²) >= 11 is 5.54. The van der Waals surface area contributed by atoms with Gasteiger partial charge in [0, 0.05) is 11.6 Å². The van der Waals surface area contributed by atoms with Crippen molar-refractivity contribution in [2.45, 2.75) is 13.0 Å². The summed E-state index contributed by atoms with van der Waals surface area (Å²) in [6.07, 6.45) is -0.519. The highest BCUT2D eigenvalue weighted by Gasteiger charge is 2.02. The van der Waals surface area contributed by atoms with Crippen LogP contribution >= 0.6 is 11.6 Å². The fourth-order valence-corrected chi connectivity index (χ4v) is 1.57. The third kappa shape index (κ3) is 5.32. The first-order chi connectivity index (χ1) is 8.63. The first-order valence-electron chi connectivity index (χ1n) is 5.78. The Kier molecular flexibility index (Phi) is 6.44. The third-order valence-corrected chi connectivity index (χ3v) is 2.64. The summed E-state index contributed by atoms with van der Waals surface area (Å²) < 4.78 is 0. The number of hydrogen-bond donors (Lipinski definition) is 2. The van der Waals surface area contributed by atoms with Crippen LogP contribution in [0.15, 0.2) is 54.6 Å². The first-order valence-corrected chi connectivity index (χ1v) is 6.16. The molecule has 0 heterocycles. The molecule has 2 nitrogen and oxygen atoms in total. The molecule has 0 radical (unpaired) electrons. The number of aryl methyl sites for hydroxylation is 1. The molecule has 0 aromatic heterocycles. The van der Waals surface area contributed by atoms with E-state index in [9.17, 15) is 5.11 Å². The van der Waals surface area contributed by atoms with Crippen molar-refractivity contribution in [3.8, 4) is 0 Å². The quantitative estimate of drug-likeness (QED) is 0.873. The molecule has 0 aliphatic rings. The molecule has 0 bridgehead atoms. The highest BCUT2D eigenvalue weighted by molar-refractivity contribution is 6.30. The van der Waals surface area contributed by atoms with E-state index >= 15 is 0 Å². The summed E-state index contributed by atoms with van der Waals surface area (Å²) in [7, 11) is 0. The number of aliphatic hydroxyl groups is 1. The third-order valence-electron chi connectivity index (χ3n) is 2.38. The van der Waals surface area contributed by atoms with Crippen molar-refractivity contribution in [2.24, 2.45) is 5.73 Å². The Morgan fingerprint density at radius 2 is 1.78 bits per heavy atom. The summed E-state index contributed by atoms with van der Waals surface area (Å²) in [5, 5.41) is 10.1. The van der Waals surface area contributed by atoms with Gasteiger partial charge in [0.1, 0.15) is 0 Å². The Morgan fingerprint density at radius 1 is 1.11 bits per heavy atom. The summed E-state index contributed by atoms with van der Waals surface area (Å²) in [5.41, 5.74) is 7.35. The van der Waals surface area contributed by atoms with Crippen LogP contribution < -0.4 is 5.73 Å². The second-order valence-electron chi connectivity index (χ2n) is 3.96. The van der Waals surface area contributed by atoms with Crippen molar-refractivity contribution in [1.29, 1.82) is 0 Å². The van der Waals surface area contributed by atoms with Gasteiger partial charge in [-0.05, 0) is 24.6 Å². The molecule has 2 rings (SSSR count). The summed E-state index contributed by atoms with van der Waals surface area (Å²) in [6, 6.07) is 17.2. The van der Waals surface area contributed by atoms with Crippen molar-refractivity contribution in [3.05, 3.63) is 70.7 Å². The second kappa shape index (κ2) is 7.88. The monoisotopic (exact) mass is 263 g/mol. The standard InChI is InChI=1S/C9H13NO.C6H5Cl/c1-7-3-2-4-8(5-7)9(11)6-10;7-6-4-2-1-3-5-6/h2-5,9,11H,6,10H2,1H3;1-5H. The zero-order chi connectivity index (χ0) is 13.4. The minimum Gasteiger partial charge on any atom is -0.387 e. The lowest BCUT2D eigenvalue weighted by Crippen LogP contribution is -2.11. The number of hydrogen-bond acceptors (Lipinski definition) is 2. The molecular formula is C15H18ClNO. The predicted octanol–water partition coefficient (Wildman–Crippen LogP) is 3.33. The minimum absolute atomic E-state index is 0.281. The van der Waals surface area contributed by atoms with Crippen LogP contribution in [0.25, 0.3) is 0 Å². The zero-order valence-electron chi connectivity index (χ0n) is 10.4. The lowest BCUT2D eigenvalue weighted by Gasteiger charge is -2.07. The summed E-state index contributed by atoms with van der Waals surface area (Å²) in [5.74, 6) is 0. The smallest absolute Gasteiger partial charge is 0.0912 e. The number of halogens is 1. The lowest BCUT2D eigenvalue weighted by molar-refractivity contribution is 0.186. The van der Waals surface area contributed by atoms with Gasteiger partial charge in [-0.25, -0.2) is 0 Å². The van der Waals surface area contributed by atoms with Gasteiger partial charge in [0.15, 0.2) is 0 Å². The lowest BCUT2D eigenvalue weighted by atomic mass is 10.1. The molecule has 0 aliphatic heterocycles. The molecular weight excluding hydrogens is 246 g/mol. The van der Waals surface area contributed by atoms with Crippen LogP contribution in [0.4, 0.5) is 0 Å². The molecule has 0 spiro atoms. The molecule has 2 aromatic rings. The summed E-state index contributed by atoms with van der Waals surface area (Å²) in [4.78, 5) is 0. The largest absolute Gasteiger partial charge is 0.387 e. The fourth-order valence-electron chi connectivity index (χ4n) is 1.43. The van der Waals surface area contributed by atoms with Crippen molar-refractivity contribution in [2.75, 3.05) is 6.54 Å². The van der Waals surface area contributed by atoms with Crippen LogP contribution in [-0.2, 0) is 0 Å². The molecule has 2 aromatic carbocycles. The van der Waals surface area contributed by atoms with Gasteiger partial charge >= 0.3 is 0 Å². The van der Waals surface area contributed by atoms with E-state index < -0.39 is 6.10 Å². The van der Waals surface area contributed by atoms with Gasteiger partial charge in [-0.3, -0.25) is 0 Å². The SMILES string of the molecule is Cc1cccc(C(O)CN)c1.Clc1ccccc1. The number of rotatable bonds is 2. The Balaban J connectivity index is 0.000000199. The molecule has 96 valence electrons. The normalized spacial score (nSPS) is 11.3. The van der Waals surface area contributed by atoms with Crippen LogP contribution in [0.2, 0.25) is 5.02 Å². The number of nitrogens with two attached hydrogens (primary N) is 1. The molecule has 0 aliphatic carbocycles. The van der Waals surface area contributed by atoms with Crippen LogP contribution in [0, 0.1) is 6.92 Å². The van der Waals surface area contributed by atoms with Crippen LogP contribution in [-0.4, -0.2) is 11.7 Å². The van der Waals surface area contributed by atoms with Crippen LogP contribution in [0.1, 0.15) is 17.2 Å². The minimum atomic E-state index is -0.519. The molecule has 1 unspecified atom stereocenters. The van der Waals surface area contributed by atoms with E-state index in [0.717, 1.165) is 16.1 Å². The van der Waals surface area contributed by atoms with Crippen molar-refractivity contribution >= 4 is 11.6 Å². The fraction of sp³-hybridized carbons (Fsp3) is 0.200. The zero-order valence-corrected chi connectivity index (χ0v) is 11.1. The Bertz CT molecular complexity index is 459. The highest BCUT2D eigenvalue weighted by Crippen LogP contribution is 2.12. The molecule has 3 N–H and O–H groups in total. The first kappa shape index (κ1) is 14.7. The van der Waals surface area contributed by atoms with Crippen molar-refractivity contribution < 1.29 is 5.11 Å². The molecule has 18 heavy (non-hydrogen) atoms. The van der Waals surface area contributed by atoms with Crippen molar-refractivity contribution in [3.63, 3.8) is 0 Å². The maximum absolute atomic E-state index is 9.33. The van der Waals surface area contributed by atoms with E-state index in [0.29, 0.717) is 0 Å². The Labute approximate surface area is 113 Å². The van der Waals surface area contributed by atoms with E-state index in [1.807, 2.05) is 61.5 Å². The Hall–Kier alpha value is -1.35. The predicted molar refractivity (Wildman–Crippen MR) is 76.6 cm³/mol. The second-order valence-corrected chi connectivity index (χ2v) is 4.40. The van der Waals surface area contributed by atoms with E-state index in [2.05, 4.69) is 0 Å². The molecule has 0 saturated heterocycles. The van der Waals surface area contributed by atoms with Gasteiger partial charge in [-0.1, -0.05) is 59.6 Å². The summed E-state index contributed by atoms with van der Waals surface area (Å²) in [6.45, 7) is 2.27. The maximum atomic E-state index is 9.33. The van der Waals surface area contributed by atoms with Gasteiger partial charge in [-0.15, -0.1) is 0 Å². The van der Waals surface area contributed by atoms with Crippen LogP contribution in [0.3, 0.4) is 0 Å². The average molecular weight is 264 g/mol. The van der Waals surface area contributed by atoms with Gasteiger partial charge in [0.05, 0.1) is 6.10 Å². The van der Waals surface area contributed by atoms with Gasteiger partial charge < -0.3 is 10.8 Å². The van der Waals surface area contributed by atoms with Crippen molar-refractivity contribution in [1.82, 2.24) is 0 Å². The van der Waals surface area contributed by atoms with E-state index in [-0.39, 0.29) is 6.54 Å².